The molecule has 0 radical (unpaired) electrons. The zero-order valence-electron chi connectivity index (χ0n) is 9.56. The molecule has 0 fully saturated rings. The first-order valence-corrected chi connectivity index (χ1v) is 5.95. The zero-order chi connectivity index (χ0) is 13.3. The van der Waals surface area contributed by atoms with E-state index in [-0.39, 0.29) is 12.1 Å². The van der Waals surface area contributed by atoms with Gasteiger partial charge in [0.15, 0.2) is 0 Å². The van der Waals surface area contributed by atoms with Crippen molar-refractivity contribution < 1.29 is 0 Å². The van der Waals surface area contributed by atoms with Gasteiger partial charge in [-0.3, -0.25) is 9.36 Å². The van der Waals surface area contributed by atoms with Crippen LogP contribution >= 0.6 is 23.2 Å². The summed E-state index contributed by atoms with van der Waals surface area (Å²) < 4.78 is 2.44. The van der Waals surface area contributed by atoms with Crippen LogP contribution in [0.1, 0.15) is 5.56 Å². The molecule has 4 nitrogen and oxygen atoms in total. The molecule has 0 amide bonds. The average molecular weight is 285 g/mol. The van der Waals surface area contributed by atoms with Crippen LogP contribution < -0.4 is 11.2 Å². The maximum atomic E-state index is 11.8. The monoisotopic (exact) mass is 284 g/mol. The van der Waals surface area contributed by atoms with E-state index in [1.165, 1.54) is 16.8 Å². The fourth-order valence-corrected chi connectivity index (χ4v) is 1.98. The summed E-state index contributed by atoms with van der Waals surface area (Å²) in [5.41, 5.74) is -0.123. The summed E-state index contributed by atoms with van der Waals surface area (Å²) in [4.78, 5) is 23.5. The second-order valence-corrected chi connectivity index (χ2v) is 4.63. The second-order valence-electron chi connectivity index (χ2n) is 3.85. The maximum Gasteiger partial charge on any atom is 0.331 e. The number of hydrogen-bond acceptors (Lipinski definition) is 2. The van der Waals surface area contributed by atoms with Crippen LogP contribution in [0.15, 0.2) is 40.1 Å². The van der Waals surface area contributed by atoms with Gasteiger partial charge in [-0.2, -0.15) is 0 Å². The molecule has 94 valence electrons. The number of nitrogens with zero attached hydrogens (tertiary/aromatic N) is 2. The van der Waals surface area contributed by atoms with E-state index in [2.05, 4.69) is 0 Å². The van der Waals surface area contributed by atoms with E-state index >= 15 is 0 Å². The summed E-state index contributed by atoms with van der Waals surface area (Å²) in [5.74, 6) is 0. The minimum Gasteiger partial charge on any atom is -0.303 e. The van der Waals surface area contributed by atoms with Crippen molar-refractivity contribution in [1.82, 2.24) is 9.13 Å². The summed E-state index contributed by atoms with van der Waals surface area (Å²) in [6, 6.07) is 6.44. The van der Waals surface area contributed by atoms with Gasteiger partial charge in [-0.05, 0) is 11.6 Å². The lowest BCUT2D eigenvalue weighted by Crippen LogP contribution is -2.38. The first kappa shape index (κ1) is 12.9. The standard InChI is InChI=1S/C12H10Cl2N2O2/c1-15-6-5-10(17)16(12(15)18)7-8-3-2-4-9(13)11(8)14/h2-6H,7H2,1H3. The normalized spacial score (nSPS) is 10.6. The van der Waals surface area contributed by atoms with Crippen molar-refractivity contribution in [2.75, 3.05) is 0 Å². The van der Waals surface area contributed by atoms with Crippen molar-refractivity contribution in [3.63, 3.8) is 0 Å². The molecule has 1 aromatic carbocycles. The molecule has 0 saturated heterocycles. The van der Waals surface area contributed by atoms with Gasteiger partial charge in [0.05, 0.1) is 16.6 Å². The highest BCUT2D eigenvalue weighted by Crippen LogP contribution is 2.25. The summed E-state index contributed by atoms with van der Waals surface area (Å²) in [6.45, 7) is 0.103. The Labute approximate surface area is 113 Å². The molecule has 0 aliphatic carbocycles. The summed E-state index contributed by atoms with van der Waals surface area (Å²) >= 11 is 11.9. The Kier molecular flexibility index (Phi) is 3.59. The number of hydrogen-bond donors (Lipinski definition) is 0. The van der Waals surface area contributed by atoms with Crippen molar-refractivity contribution in [2.45, 2.75) is 6.54 Å². The van der Waals surface area contributed by atoms with Gasteiger partial charge < -0.3 is 4.57 Å². The molecule has 0 N–H and O–H groups in total. The highest BCUT2D eigenvalue weighted by molar-refractivity contribution is 6.42. The first-order valence-electron chi connectivity index (χ1n) is 5.20. The van der Waals surface area contributed by atoms with Crippen molar-refractivity contribution in [3.05, 3.63) is 66.9 Å². The highest BCUT2D eigenvalue weighted by atomic mass is 35.5. The molecule has 0 spiro atoms. The van der Waals surface area contributed by atoms with Crippen LogP contribution in [0, 0.1) is 0 Å². The van der Waals surface area contributed by atoms with Crippen molar-refractivity contribution >= 4 is 23.2 Å². The van der Waals surface area contributed by atoms with E-state index in [1.807, 2.05) is 0 Å². The predicted molar refractivity (Wildman–Crippen MR) is 71.5 cm³/mol. The van der Waals surface area contributed by atoms with Crippen molar-refractivity contribution in [1.29, 1.82) is 0 Å². The van der Waals surface area contributed by atoms with E-state index in [1.54, 1.807) is 25.2 Å². The highest BCUT2D eigenvalue weighted by Gasteiger charge is 2.08. The van der Waals surface area contributed by atoms with Crippen LogP contribution in [-0.4, -0.2) is 9.13 Å². The summed E-state index contributed by atoms with van der Waals surface area (Å²) in [5, 5.41) is 0.756. The molecule has 0 bridgehead atoms. The first-order chi connectivity index (χ1) is 8.50. The fraction of sp³-hybridized carbons (Fsp3) is 0.167. The molecule has 1 heterocycles. The second kappa shape index (κ2) is 5.00. The number of rotatable bonds is 2. The third-order valence-electron chi connectivity index (χ3n) is 2.60. The predicted octanol–water partition coefficient (Wildman–Crippen LogP) is 1.90. The smallest absolute Gasteiger partial charge is 0.303 e. The van der Waals surface area contributed by atoms with Gasteiger partial charge in [-0.1, -0.05) is 35.3 Å². The van der Waals surface area contributed by atoms with Gasteiger partial charge in [0.1, 0.15) is 0 Å². The molecule has 0 aliphatic heterocycles. The lowest BCUT2D eigenvalue weighted by molar-refractivity contribution is 0.639. The number of halogens is 2. The van der Waals surface area contributed by atoms with Gasteiger partial charge in [-0.15, -0.1) is 0 Å². The Hall–Kier alpha value is -1.52. The molecule has 0 saturated carbocycles. The van der Waals surface area contributed by atoms with Crippen LogP contribution in [0.3, 0.4) is 0 Å². The van der Waals surface area contributed by atoms with Crippen LogP contribution in [0.2, 0.25) is 10.0 Å². The van der Waals surface area contributed by atoms with E-state index < -0.39 is 5.69 Å². The Balaban J connectivity index is 2.53. The van der Waals surface area contributed by atoms with Crippen molar-refractivity contribution in [2.24, 2.45) is 7.05 Å². The lowest BCUT2D eigenvalue weighted by atomic mass is 10.2. The zero-order valence-corrected chi connectivity index (χ0v) is 11.1. The van der Waals surface area contributed by atoms with Crippen LogP contribution in [0.4, 0.5) is 0 Å². The maximum absolute atomic E-state index is 11.8. The van der Waals surface area contributed by atoms with Crippen LogP contribution in [0.5, 0.6) is 0 Å². The van der Waals surface area contributed by atoms with Crippen molar-refractivity contribution in [3.8, 4) is 0 Å². The minimum atomic E-state index is -0.390. The van der Waals surface area contributed by atoms with E-state index in [4.69, 9.17) is 23.2 Å². The van der Waals surface area contributed by atoms with Gasteiger partial charge in [-0.25, -0.2) is 4.79 Å². The molecule has 18 heavy (non-hydrogen) atoms. The Bertz CT molecular complexity index is 704. The molecule has 2 aromatic rings. The molecular weight excluding hydrogens is 275 g/mol. The van der Waals surface area contributed by atoms with E-state index in [9.17, 15) is 9.59 Å². The molecule has 6 heteroatoms. The summed E-state index contributed by atoms with van der Waals surface area (Å²) in [6.07, 6.45) is 1.43. The Morgan fingerprint density at radius 3 is 2.61 bits per heavy atom. The molecule has 1 aromatic heterocycles. The van der Waals surface area contributed by atoms with Gasteiger partial charge >= 0.3 is 5.69 Å². The fourth-order valence-electron chi connectivity index (χ4n) is 1.60. The third-order valence-corrected chi connectivity index (χ3v) is 3.46. The number of aryl methyl sites for hydroxylation is 1. The van der Waals surface area contributed by atoms with Gasteiger partial charge in [0, 0.05) is 19.3 Å². The SMILES string of the molecule is Cn1ccc(=O)n(Cc2cccc(Cl)c2Cl)c1=O. The van der Waals surface area contributed by atoms with Crippen LogP contribution in [0.25, 0.3) is 0 Å². The molecule has 0 atom stereocenters. The van der Waals surface area contributed by atoms with Gasteiger partial charge in [0.2, 0.25) is 0 Å². The molecule has 2 rings (SSSR count). The van der Waals surface area contributed by atoms with E-state index in [0.29, 0.717) is 15.6 Å². The largest absolute Gasteiger partial charge is 0.331 e. The number of aromatic nitrogens is 2. The van der Waals surface area contributed by atoms with Crippen LogP contribution in [-0.2, 0) is 13.6 Å². The average Bonchev–Trinajstić information content (AvgIpc) is 2.35. The third kappa shape index (κ3) is 2.35. The van der Waals surface area contributed by atoms with E-state index in [0.717, 1.165) is 4.57 Å². The molecular formula is C12H10Cl2N2O2. The minimum absolute atomic E-state index is 0.103. The Morgan fingerprint density at radius 1 is 1.17 bits per heavy atom. The Morgan fingerprint density at radius 2 is 1.89 bits per heavy atom. The lowest BCUT2D eigenvalue weighted by Gasteiger charge is -2.08. The number of benzene rings is 1. The topological polar surface area (TPSA) is 44.0 Å². The molecule has 0 aliphatic rings. The molecule has 0 unspecified atom stereocenters. The summed E-state index contributed by atoms with van der Waals surface area (Å²) in [7, 11) is 1.58. The van der Waals surface area contributed by atoms with Gasteiger partial charge in [0.25, 0.3) is 5.56 Å². The quantitative estimate of drug-likeness (QED) is 0.846.